The average Bonchev–Trinajstić information content (AvgIpc) is 3.33. The number of hydrogen-bond donors (Lipinski definition) is 0. The first-order valence-electron chi connectivity index (χ1n) is 8.82. The smallest absolute Gasteiger partial charge is 0.130 e. The fourth-order valence-corrected chi connectivity index (χ4v) is 3.86. The maximum Gasteiger partial charge on any atom is 0.130 e. The minimum absolute atomic E-state index is 0.403. The van der Waals surface area contributed by atoms with Gasteiger partial charge >= 0.3 is 0 Å². The summed E-state index contributed by atoms with van der Waals surface area (Å²) in [7, 11) is 0. The summed E-state index contributed by atoms with van der Waals surface area (Å²) in [4.78, 5) is 6.91. The van der Waals surface area contributed by atoms with Gasteiger partial charge < -0.3 is 4.57 Å². The van der Waals surface area contributed by atoms with E-state index >= 15 is 0 Å². The molecule has 4 rings (SSSR count). The van der Waals surface area contributed by atoms with Gasteiger partial charge in [0.05, 0.1) is 0 Å². The molecule has 0 spiro atoms. The van der Waals surface area contributed by atoms with Gasteiger partial charge in [-0.2, -0.15) is 0 Å². The van der Waals surface area contributed by atoms with Gasteiger partial charge in [0.15, 0.2) is 0 Å². The van der Waals surface area contributed by atoms with Crippen molar-refractivity contribution in [2.75, 3.05) is 13.1 Å². The van der Waals surface area contributed by atoms with E-state index in [4.69, 9.17) is 0 Å². The van der Waals surface area contributed by atoms with Crippen LogP contribution in [-0.2, 0) is 6.54 Å². The molecule has 1 saturated heterocycles. The lowest BCUT2D eigenvalue weighted by atomic mass is 10.0. The van der Waals surface area contributed by atoms with E-state index in [2.05, 4.69) is 21.4 Å². The molecule has 5 heteroatoms. The average molecular weight is 331 g/mol. The van der Waals surface area contributed by atoms with Crippen molar-refractivity contribution in [3.8, 4) is 0 Å². The van der Waals surface area contributed by atoms with Gasteiger partial charge in [0.25, 0.3) is 0 Å². The van der Waals surface area contributed by atoms with Crippen molar-refractivity contribution in [1.82, 2.24) is 14.5 Å². The number of likely N-dealkylation sites (tertiary alicyclic amines) is 1. The molecule has 128 valence electrons. The second-order valence-electron chi connectivity index (χ2n) is 7.17. The Bertz CT molecular complexity index is 736. The molecule has 1 unspecified atom stereocenters. The fraction of sp³-hybridized carbons (Fsp3) is 0.526. The number of benzene rings is 1. The maximum absolute atomic E-state index is 13.9. The van der Waals surface area contributed by atoms with Gasteiger partial charge in [-0.3, -0.25) is 4.90 Å². The highest BCUT2D eigenvalue weighted by atomic mass is 19.1. The van der Waals surface area contributed by atoms with Gasteiger partial charge in [0, 0.05) is 48.6 Å². The number of hydrogen-bond acceptors (Lipinski definition) is 2. The van der Waals surface area contributed by atoms with Gasteiger partial charge in [-0.1, -0.05) is 6.07 Å². The summed E-state index contributed by atoms with van der Waals surface area (Å²) in [6.45, 7) is 4.51. The van der Waals surface area contributed by atoms with Gasteiger partial charge in [0.1, 0.15) is 17.5 Å². The monoisotopic (exact) mass is 331 g/mol. The Kier molecular flexibility index (Phi) is 4.12. The predicted octanol–water partition coefficient (Wildman–Crippen LogP) is 4.18. The number of halogens is 2. The summed E-state index contributed by atoms with van der Waals surface area (Å²) < 4.78 is 29.4. The van der Waals surface area contributed by atoms with Crippen LogP contribution < -0.4 is 0 Å². The summed E-state index contributed by atoms with van der Waals surface area (Å²) in [6.07, 6.45) is 6.70. The van der Waals surface area contributed by atoms with Crippen LogP contribution in [0.2, 0.25) is 0 Å². The molecule has 1 aliphatic carbocycles. The Morgan fingerprint density at radius 2 is 2.04 bits per heavy atom. The van der Waals surface area contributed by atoms with Gasteiger partial charge in [-0.25, -0.2) is 13.8 Å². The highest BCUT2D eigenvalue weighted by Crippen LogP contribution is 2.41. The first-order chi connectivity index (χ1) is 11.6. The molecule has 1 saturated carbocycles. The lowest BCUT2D eigenvalue weighted by molar-refractivity contribution is 0.165. The predicted molar refractivity (Wildman–Crippen MR) is 88.8 cm³/mol. The fourth-order valence-electron chi connectivity index (χ4n) is 3.86. The molecule has 24 heavy (non-hydrogen) atoms. The molecule has 0 N–H and O–H groups in total. The van der Waals surface area contributed by atoms with E-state index in [0.717, 1.165) is 32.0 Å². The molecular weight excluding hydrogens is 308 g/mol. The highest BCUT2D eigenvalue weighted by Gasteiger charge is 2.32. The van der Waals surface area contributed by atoms with E-state index in [1.165, 1.54) is 30.4 Å². The third kappa shape index (κ3) is 3.09. The quantitative estimate of drug-likeness (QED) is 0.838. The van der Waals surface area contributed by atoms with Crippen LogP contribution in [0.1, 0.15) is 54.7 Å². The maximum atomic E-state index is 13.9. The van der Waals surface area contributed by atoms with Crippen LogP contribution in [0, 0.1) is 18.6 Å². The SMILES string of the molecule is Cc1cnc(C2CC2)n1C1CCCN(Cc2ccc(F)cc2F)C1. The van der Waals surface area contributed by atoms with E-state index in [1.807, 2.05) is 6.20 Å². The van der Waals surface area contributed by atoms with Crippen molar-refractivity contribution in [3.63, 3.8) is 0 Å². The molecule has 1 aliphatic heterocycles. The van der Waals surface area contributed by atoms with Crippen LogP contribution in [-0.4, -0.2) is 27.5 Å². The number of imidazole rings is 1. The minimum atomic E-state index is -0.518. The van der Waals surface area contributed by atoms with E-state index < -0.39 is 11.6 Å². The Morgan fingerprint density at radius 1 is 1.21 bits per heavy atom. The van der Waals surface area contributed by atoms with Gasteiger partial charge in [0.2, 0.25) is 0 Å². The molecule has 0 amide bonds. The lowest BCUT2D eigenvalue weighted by Gasteiger charge is -2.35. The molecule has 2 heterocycles. The third-order valence-corrected chi connectivity index (χ3v) is 5.21. The molecule has 2 fully saturated rings. The molecule has 0 radical (unpaired) electrons. The Balaban J connectivity index is 1.51. The van der Waals surface area contributed by atoms with Gasteiger partial charge in [-0.15, -0.1) is 0 Å². The van der Waals surface area contributed by atoms with Crippen molar-refractivity contribution in [1.29, 1.82) is 0 Å². The molecule has 2 aliphatic rings. The van der Waals surface area contributed by atoms with E-state index in [0.29, 0.717) is 24.1 Å². The third-order valence-electron chi connectivity index (χ3n) is 5.21. The Morgan fingerprint density at radius 3 is 2.79 bits per heavy atom. The zero-order valence-electron chi connectivity index (χ0n) is 14.0. The first-order valence-corrected chi connectivity index (χ1v) is 8.82. The molecule has 1 aromatic heterocycles. The zero-order chi connectivity index (χ0) is 16.7. The second-order valence-corrected chi connectivity index (χ2v) is 7.17. The van der Waals surface area contributed by atoms with Crippen LogP contribution in [0.15, 0.2) is 24.4 Å². The minimum Gasteiger partial charge on any atom is -0.328 e. The molecule has 1 atom stereocenters. The largest absolute Gasteiger partial charge is 0.328 e. The van der Waals surface area contributed by atoms with Crippen molar-refractivity contribution in [3.05, 3.63) is 53.1 Å². The molecule has 2 aromatic rings. The van der Waals surface area contributed by atoms with Crippen molar-refractivity contribution < 1.29 is 8.78 Å². The summed E-state index contributed by atoms with van der Waals surface area (Å²) in [5.41, 5.74) is 1.79. The topological polar surface area (TPSA) is 21.1 Å². The van der Waals surface area contributed by atoms with E-state index in [9.17, 15) is 8.78 Å². The Hall–Kier alpha value is -1.75. The van der Waals surface area contributed by atoms with Gasteiger partial charge in [-0.05, 0) is 45.2 Å². The van der Waals surface area contributed by atoms with Crippen molar-refractivity contribution >= 4 is 0 Å². The Labute approximate surface area is 141 Å². The van der Waals surface area contributed by atoms with E-state index in [1.54, 1.807) is 6.07 Å². The molecular formula is C19H23F2N3. The lowest BCUT2D eigenvalue weighted by Crippen LogP contribution is -2.37. The van der Waals surface area contributed by atoms with Crippen LogP contribution >= 0.6 is 0 Å². The normalized spacial score (nSPS) is 22.0. The number of nitrogens with zero attached hydrogens (tertiary/aromatic N) is 3. The number of aromatic nitrogens is 2. The standard InChI is InChI=1S/C19H23F2N3/c1-13-10-22-19(14-4-5-14)24(13)17-3-2-8-23(12-17)11-15-6-7-16(20)9-18(15)21/h6-7,9-10,14,17H,2-5,8,11-12H2,1H3. The second kappa shape index (κ2) is 6.28. The van der Waals surface area contributed by atoms with Crippen molar-refractivity contribution in [2.45, 2.75) is 51.1 Å². The van der Waals surface area contributed by atoms with E-state index in [-0.39, 0.29) is 0 Å². The first kappa shape index (κ1) is 15.8. The number of aryl methyl sites for hydroxylation is 1. The highest BCUT2D eigenvalue weighted by molar-refractivity contribution is 5.19. The summed E-state index contributed by atoms with van der Waals surface area (Å²) in [5.74, 6) is 0.890. The number of rotatable bonds is 4. The van der Waals surface area contributed by atoms with Crippen LogP contribution in [0.3, 0.4) is 0 Å². The van der Waals surface area contributed by atoms with Crippen LogP contribution in [0.25, 0.3) is 0 Å². The molecule has 3 nitrogen and oxygen atoms in total. The van der Waals surface area contributed by atoms with Crippen molar-refractivity contribution in [2.24, 2.45) is 0 Å². The van der Waals surface area contributed by atoms with Crippen LogP contribution in [0.4, 0.5) is 8.78 Å². The molecule has 1 aromatic carbocycles. The zero-order valence-corrected chi connectivity index (χ0v) is 14.0. The summed E-state index contributed by atoms with van der Waals surface area (Å²) in [5, 5.41) is 0. The summed E-state index contributed by atoms with van der Waals surface area (Å²) >= 11 is 0. The molecule has 0 bridgehead atoms. The van der Waals surface area contributed by atoms with Crippen LogP contribution in [0.5, 0.6) is 0 Å². The number of piperidine rings is 1. The summed E-state index contributed by atoms with van der Waals surface area (Å²) in [6, 6.07) is 4.28.